The Bertz CT molecular complexity index is 1120. The number of benzene rings is 3. The Balaban J connectivity index is 1.83. The summed E-state index contributed by atoms with van der Waals surface area (Å²) >= 11 is 0. The fourth-order valence-corrected chi connectivity index (χ4v) is 4.32. The standard InChI is InChI=1S/C29H30N2O3/c1-28(2,3)34-27(33)19-26(32)25-20-31(21-30-25)29(22-13-7-4-8-14-22,23-15-9-5-10-16-23)24-17-11-6-12-18-24/h4-18,20-21,26,32H,19H2,1-3H3. The van der Waals surface area contributed by atoms with Crippen LogP contribution < -0.4 is 0 Å². The molecule has 1 atom stereocenters. The molecule has 0 saturated heterocycles. The van der Waals surface area contributed by atoms with E-state index in [1.54, 1.807) is 27.1 Å². The molecule has 0 aliphatic rings. The summed E-state index contributed by atoms with van der Waals surface area (Å²) in [5, 5.41) is 10.8. The molecule has 4 aromatic rings. The maximum atomic E-state index is 12.3. The number of hydrogen-bond acceptors (Lipinski definition) is 4. The molecule has 0 amide bonds. The number of hydrogen-bond donors (Lipinski definition) is 1. The molecule has 1 N–H and O–H groups in total. The first-order valence-corrected chi connectivity index (χ1v) is 11.4. The normalized spacial score (nSPS) is 12.8. The van der Waals surface area contributed by atoms with Crippen molar-refractivity contribution in [2.75, 3.05) is 0 Å². The van der Waals surface area contributed by atoms with Crippen LogP contribution in [0.5, 0.6) is 0 Å². The highest BCUT2D eigenvalue weighted by atomic mass is 16.6. The Morgan fingerprint density at radius 1 is 0.853 bits per heavy atom. The van der Waals surface area contributed by atoms with Crippen LogP contribution in [0.1, 0.15) is 55.7 Å². The van der Waals surface area contributed by atoms with Gasteiger partial charge in [0.05, 0.1) is 18.4 Å². The Morgan fingerprint density at radius 3 is 1.71 bits per heavy atom. The van der Waals surface area contributed by atoms with Gasteiger partial charge in [-0.2, -0.15) is 0 Å². The molecular weight excluding hydrogens is 424 g/mol. The van der Waals surface area contributed by atoms with Gasteiger partial charge in [0.15, 0.2) is 0 Å². The van der Waals surface area contributed by atoms with E-state index in [0.29, 0.717) is 5.69 Å². The minimum Gasteiger partial charge on any atom is -0.460 e. The molecule has 1 unspecified atom stereocenters. The van der Waals surface area contributed by atoms with E-state index in [2.05, 4.69) is 41.4 Å². The lowest BCUT2D eigenvalue weighted by atomic mass is 9.77. The van der Waals surface area contributed by atoms with Gasteiger partial charge in [0.25, 0.3) is 0 Å². The average molecular weight is 455 g/mol. The topological polar surface area (TPSA) is 64.3 Å². The van der Waals surface area contributed by atoms with Crippen LogP contribution in [0.25, 0.3) is 0 Å². The number of aliphatic hydroxyl groups excluding tert-OH is 1. The molecule has 5 heteroatoms. The SMILES string of the molecule is CC(C)(C)OC(=O)CC(O)c1cn(C(c2ccccc2)(c2ccccc2)c2ccccc2)cn1. The van der Waals surface area contributed by atoms with Gasteiger partial charge in [-0.1, -0.05) is 91.0 Å². The summed E-state index contributed by atoms with van der Waals surface area (Å²) in [7, 11) is 0. The largest absolute Gasteiger partial charge is 0.460 e. The zero-order valence-electron chi connectivity index (χ0n) is 19.8. The molecule has 5 nitrogen and oxygen atoms in total. The van der Waals surface area contributed by atoms with E-state index in [-0.39, 0.29) is 6.42 Å². The Hall–Kier alpha value is -3.70. The van der Waals surface area contributed by atoms with E-state index < -0.39 is 23.2 Å². The zero-order chi connectivity index (χ0) is 24.2. The van der Waals surface area contributed by atoms with Gasteiger partial charge in [-0.3, -0.25) is 4.79 Å². The Kier molecular flexibility index (Phi) is 6.66. The summed E-state index contributed by atoms with van der Waals surface area (Å²) in [6.45, 7) is 5.42. The second kappa shape index (κ2) is 9.65. The highest BCUT2D eigenvalue weighted by Gasteiger charge is 2.38. The van der Waals surface area contributed by atoms with Crippen molar-refractivity contribution in [1.29, 1.82) is 0 Å². The van der Waals surface area contributed by atoms with Crippen LogP contribution in [0.3, 0.4) is 0 Å². The minimum absolute atomic E-state index is 0.163. The van der Waals surface area contributed by atoms with E-state index in [9.17, 15) is 9.90 Å². The van der Waals surface area contributed by atoms with Crippen molar-refractivity contribution in [2.45, 2.75) is 44.4 Å². The second-order valence-electron chi connectivity index (χ2n) is 9.32. The van der Waals surface area contributed by atoms with Gasteiger partial charge in [-0.15, -0.1) is 0 Å². The van der Waals surface area contributed by atoms with Gasteiger partial charge in [0.2, 0.25) is 0 Å². The number of ether oxygens (including phenoxy) is 1. The Labute approximate surface area is 200 Å². The minimum atomic E-state index is -1.07. The van der Waals surface area contributed by atoms with Crippen molar-refractivity contribution < 1.29 is 14.6 Å². The predicted molar refractivity (Wildman–Crippen MR) is 132 cm³/mol. The van der Waals surface area contributed by atoms with E-state index >= 15 is 0 Å². The maximum Gasteiger partial charge on any atom is 0.309 e. The molecule has 0 fully saturated rings. The third kappa shape index (κ3) is 4.80. The first kappa shape index (κ1) is 23.5. The van der Waals surface area contributed by atoms with Gasteiger partial charge >= 0.3 is 5.97 Å². The second-order valence-corrected chi connectivity index (χ2v) is 9.32. The van der Waals surface area contributed by atoms with Crippen molar-refractivity contribution in [2.24, 2.45) is 0 Å². The van der Waals surface area contributed by atoms with Gasteiger partial charge < -0.3 is 14.4 Å². The summed E-state index contributed by atoms with van der Waals surface area (Å²) in [6.07, 6.45) is 2.31. The van der Waals surface area contributed by atoms with Crippen molar-refractivity contribution in [3.8, 4) is 0 Å². The molecule has 0 saturated carbocycles. The van der Waals surface area contributed by atoms with Crippen LogP contribution in [-0.4, -0.2) is 26.2 Å². The van der Waals surface area contributed by atoms with Gasteiger partial charge in [0, 0.05) is 6.20 Å². The first-order valence-electron chi connectivity index (χ1n) is 11.4. The third-order valence-electron chi connectivity index (χ3n) is 5.69. The maximum absolute atomic E-state index is 12.3. The lowest BCUT2D eigenvalue weighted by Crippen LogP contribution is -2.37. The van der Waals surface area contributed by atoms with Gasteiger partial charge in [-0.05, 0) is 37.5 Å². The number of rotatable bonds is 7. The van der Waals surface area contributed by atoms with Gasteiger partial charge in [0.1, 0.15) is 17.2 Å². The first-order chi connectivity index (χ1) is 16.3. The molecule has 4 rings (SSSR count). The monoisotopic (exact) mass is 454 g/mol. The molecule has 0 radical (unpaired) electrons. The number of imidazole rings is 1. The van der Waals surface area contributed by atoms with Crippen LogP contribution in [0.15, 0.2) is 104 Å². The zero-order valence-corrected chi connectivity index (χ0v) is 19.8. The number of aromatic nitrogens is 2. The van der Waals surface area contributed by atoms with E-state index in [1.165, 1.54) is 0 Å². The number of aliphatic hydroxyl groups is 1. The summed E-state index contributed by atoms with van der Waals surface area (Å²) in [6, 6.07) is 30.7. The van der Waals surface area contributed by atoms with E-state index in [1.807, 2.05) is 65.4 Å². The molecule has 34 heavy (non-hydrogen) atoms. The smallest absolute Gasteiger partial charge is 0.309 e. The molecule has 1 aromatic heterocycles. The summed E-state index contributed by atoms with van der Waals surface area (Å²) in [4.78, 5) is 16.8. The number of carbonyl (C=O) groups is 1. The lowest BCUT2D eigenvalue weighted by molar-refractivity contribution is -0.157. The van der Waals surface area contributed by atoms with Crippen LogP contribution >= 0.6 is 0 Å². The van der Waals surface area contributed by atoms with E-state index in [0.717, 1.165) is 16.7 Å². The van der Waals surface area contributed by atoms with Crippen molar-refractivity contribution in [1.82, 2.24) is 9.55 Å². The van der Waals surface area contributed by atoms with Crippen molar-refractivity contribution in [3.05, 3.63) is 126 Å². The predicted octanol–water partition coefficient (Wildman–Crippen LogP) is 5.49. The quantitative estimate of drug-likeness (QED) is 0.296. The highest BCUT2D eigenvalue weighted by Crippen LogP contribution is 2.41. The molecule has 3 aromatic carbocycles. The molecule has 0 bridgehead atoms. The fourth-order valence-electron chi connectivity index (χ4n) is 4.32. The molecule has 174 valence electrons. The number of nitrogens with zero attached hydrogens (tertiary/aromatic N) is 2. The summed E-state index contributed by atoms with van der Waals surface area (Å²) in [5.74, 6) is -0.463. The van der Waals surface area contributed by atoms with Crippen LogP contribution in [0.4, 0.5) is 0 Å². The van der Waals surface area contributed by atoms with Crippen molar-refractivity contribution >= 4 is 5.97 Å². The molecule has 1 heterocycles. The van der Waals surface area contributed by atoms with Gasteiger partial charge in [-0.25, -0.2) is 4.98 Å². The number of esters is 1. The molecular formula is C29H30N2O3. The molecule has 0 aliphatic carbocycles. The Morgan fingerprint density at radius 2 is 1.29 bits per heavy atom. The number of carbonyl (C=O) groups excluding carboxylic acids is 1. The third-order valence-corrected chi connectivity index (χ3v) is 5.69. The van der Waals surface area contributed by atoms with Crippen LogP contribution in [0, 0.1) is 0 Å². The average Bonchev–Trinajstić information content (AvgIpc) is 3.31. The highest BCUT2D eigenvalue weighted by molar-refractivity contribution is 5.70. The lowest BCUT2D eigenvalue weighted by Gasteiger charge is -2.37. The van der Waals surface area contributed by atoms with Crippen molar-refractivity contribution in [3.63, 3.8) is 0 Å². The summed E-state index contributed by atoms with van der Waals surface area (Å²) < 4.78 is 7.39. The van der Waals surface area contributed by atoms with E-state index in [4.69, 9.17) is 4.74 Å². The fraction of sp³-hybridized carbons (Fsp3) is 0.241. The molecule has 0 spiro atoms. The van der Waals surface area contributed by atoms with Crippen LogP contribution in [-0.2, 0) is 15.1 Å². The van der Waals surface area contributed by atoms with Crippen LogP contribution in [0.2, 0.25) is 0 Å². The summed E-state index contributed by atoms with van der Waals surface area (Å²) in [5.41, 5.74) is 2.24. The molecule has 0 aliphatic heterocycles.